The average Bonchev–Trinajstić information content (AvgIpc) is 3.61. The number of nitrogens with one attached hydrogen (secondary N) is 1. The molecule has 4 bridgehead atoms. The summed E-state index contributed by atoms with van der Waals surface area (Å²) in [7, 11) is 0. The van der Waals surface area contributed by atoms with Crippen LogP contribution in [0.4, 0.5) is 29.2 Å². The molecular formula is C29H29ClF4N6O3. The van der Waals surface area contributed by atoms with Gasteiger partial charge in [-0.25, -0.2) is 9.37 Å². The molecule has 0 spiro atoms. The topological polar surface area (TPSA) is 108 Å². The number of fused-ring (bicyclic) bond motifs is 6. The van der Waals surface area contributed by atoms with Crippen molar-refractivity contribution in [1.29, 1.82) is 0 Å². The lowest BCUT2D eigenvalue weighted by atomic mass is 9.71. The number of benzene rings is 1. The zero-order chi connectivity index (χ0) is 30.0. The minimum absolute atomic E-state index is 0.00649. The van der Waals surface area contributed by atoms with Gasteiger partial charge in [0.2, 0.25) is 0 Å². The van der Waals surface area contributed by atoms with Crippen LogP contribution in [-0.4, -0.2) is 65.0 Å². The average molecular weight is 621 g/mol. The molecule has 5 fully saturated rings. The number of aromatic nitrogens is 3. The van der Waals surface area contributed by atoms with Gasteiger partial charge in [-0.1, -0.05) is 11.6 Å². The van der Waals surface area contributed by atoms with Crippen molar-refractivity contribution >= 4 is 34.1 Å². The maximum atomic E-state index is 16.8. The summed E-state index contributed by atoms with van der Waals surface area (Å²) in [5.41, 5.74) is 2.82. The summed E-state index contributed by atoms with van der Waals surface area (Å²) in [4.78, 5) is 15.3. The fraction of sp³-hybridized carbons (Fsp3) is 0.552. The molecule has 1 aliphatic carbocycles. The number of aryl methyl sites for hydroxylation is 1. The number of alkyl halides is 3. The number of nitrogen functional groups attached to an aromatic ring is 1. The summed E-state index contributed by atoms with van der Waals surface area (Å²) in [6.07, 6.45) is -1.52. The number of anilines is 2. The number of rotatable bonds is 4. The molecule has 9 nitrogen and oxygen atoms in total. The molecule has 0 radical (unpaired) electrons. The Morgan fingerprint density at radius 3 is 2.74 bits per heavy atom. The predicted octanol–water partition coefficient (Wildman–Crippen LogP) is 5.04. The van der Waals surface area contributed by atoms with Crippen molar-refractivity contribution < 1.29 is 31.8 Å². The summed E-state index contributed by atoms with van der Waals surface area (Å²) in [6.45, 7) is 4.53. The minimum Gasteiger partial charge on any atom is -0.486 e. The van der Waals surface area contributed by atoms with Gasteiger partial charge >= 0.3 is 12.2 Å². The lowest BCUT2D eigenvalue weighted by Gasteiger charge is -2.43. The zero-order valence-corrected chi connectivity index (χ0v) is 24.2. The van der Waals surface area contributed by atoms with Crippen LogP contribution in [-0.2, 0) is 10.9 Å². The Labute approximate surface area is 249 Å². The Kier molecular flexibility index (Phi) is 5.85. The van der Waals surface area contributed by atoms with E-state index in [1.807, 2.05) is 6.92 Å². The van der Waals surface area contributed by atoms with E-state index in [0.717, 1.165) is 31.7 Å². The molecule has 7 heterocycles. The fourth-order valence-electron chi connectivity index (χ4n) is 7.78. The molecule has 4 atom stereocenters. The molecule has 3 N–H and O–H groups in total. The lowest BCUT2D eigenvalue weighted by molar-refractivity contribution is -0.137. The van der Waals surface area contributed by atoms with E-state index in [1.54, 1.807) is 0 Å². The first-order chi connectivity index (χ1) is 20.4. The predicted molar refractivity (Wildman–Crippen MR) is 150 cm³/mol. The largest absolute Gasteiger partial charge is 0.486 e. The molecule has 0 amide bonds. The van der Waals surface area contributed by atoms with Crippen molar-refractivity contribution in [3.05, 3.63) is 28.0 Å². The highest BCUT2D eigenvalue weighted by Gasteiger charge is 2.53. The maximum absolute atomic E-state index is 16.8. The second kappa shape index (κ2) is 9.18. The van der Waals surface area contributed by atoms with Crippen molar-refractivity contribution in [2.45, 2.75) is 76.0 Å². The number of nitrogens with zero attached hydrogens (tertiary/aromatic N) is 4. The van der Waals surface area contributed by atoms with Crippen LogP contribution in [0, 0.1) is 18.2 Å². The molecule has 5 aliphatic heterocycles. The molecule has 2 aromatic heterocycles. The third-order valence-electron chi connectivity index (χ3n) is 9.68. The van der Waals surface area contributed by atoms with Crippen LogP contribution < -0.4 is 25.4 Å². The second-order valence-corrected chi connectivity index (χ2v) is 13.0. The van der Waals surface area contributed by atoms with E-state index in [0.29, 0.717) is 19.0 Å². The molecule has 14 heteroatoms. The Balaban J connectivity index is 1.37. The maximum Gasteiger partial charge on any atom is 0.418 e. The highest BCUT2D eigenvalue weighted by Crippen LogP contribution is 2.53. The summed E-state index contributed by atoms with van der Waals surface area (Å²) in [5.74, 6) is -0.902. The van der Waals surface area contributed by atoms with Crippen molar-refractivity contribution in [2.75, 3.05) is 30.4 Å². The van der Waals surface area contributed by atoms with Crippen molar-refractivity contribution in [2.24, 2.45) is 5.41 Å². The third kappa shape index (κ3) is 4.07. The first-order valence-electron chi connectivity index (χ1n) is 14.4. The highest BCUT2D eigenvalue weighted by molar-refractivity contribution is 6.36. The molecule has 43 heavy (non-hydrogen) atoms. The molecule has 4 saturated heterocycles. The monoisotopic (exact) mass is 620 g/mol. The van der Waals surface area contributed by atoms with Gasteiger partial charge in [-0.05, 0) is 51.2 Å². The fourth-order valence-corrected chi connectivity index (χ4v) is 8.09. The summed E-state index contributed by atoms with van der Waals surface area (Å²) >= 11 is 6.84. The smallest absolute Gasteiger partial charge is 0.418 e. The normalized spacial score (nSPS) is 30.6. The van der Waals surface area contributed by atoms with E-state index in [-0.39, 0.29) is 75.3 Å². The van der Waals surface area contributed by atoms with Crippen LogP contribution in [0.15, 0.2) is 6.07 Å². The Morgan fingerprint density at radius 1 is 1.23 bits per heavy atom. The van der Waals surface area contributed by atoms with Crippen LogP contribution >= 0.6 is 11.6 Å². The molecule has 3 aromatic rings. The highest BCUT2D eigenvalue weighted by atomic mass is 35.5. The number of halogens is 5. The van der Waals surface area contributed by atoms with Gasteiger partial charge in [-0.3, -0.25) is 0 Å². The SMILES string of the molecule is Cc1cc(N)nc(-c2c(Cl)c3c4c(nc(OCC56COC(C5)C6)nc4c2F)N2C[C@H]4CC[C@H](N4)[C@H]2[C@H](C)O3)c1C(F)(F)F. The minimum atomic E-state index is -4.87. The molecule has 0 unspecified atom stereocenters. The Morgan fingerprint density at radius 2 is 2.02 bits per heavy atom. The van der Waals surface area contributed by atoms with E-state index in [2.05, 4.69) is 20.2 Å². The molecule has 6 aliphatic rings. The van der Waals surface area contributed by atoms with Crippen molar-refractivity contribution in [3.8, 4) is 23.0 Å². The van der Waals surface area contributed by atoms with Crippen LogP contribution in [0.3, 0.4) is 0 Å². The molecule has 228 valence electrons. The van der Waals surface area contributed by atoms with Gasteiger partial charge in [0.15, 0.2) is 11.6 Å². The van der Waals surface area contributed by atoms with Gasteiger partial charge in [-0.15, -0.1) is 0 Å². The molecular weight excluding hydrogens is 592 g/mol. The first kappa shape index (κ1) is 27.4. The number of hydrogen-bond acceptors (Lipinski definition) is 9. The number of nitrogens with two attached hydrogens (primary N) is 1. The van der Waals surface area contributed by atoms with Gasteiger partial charge in [0, 0.05) is 24.0 Å². The van der Waals surface area contributed by atoms with Gasteiger partial charge in [0.1, 0.15) is 23.3 Å². The molecule has 1 aromatic carbocycles. The first-order valence-corrected chi connectivity index (χ1v) is 14.8. The molecule has 1 saturated carbocycles. The molecule has 9 rings (SSSR count). The standard InChI is InChI=1S/C29H29ClF4N6O3/c1-11-5-16(35)37-22(19(11)29(32,33)34)17-20(30)25-18-23(21(17)31)38-27(42-10-28-6-14(7-28)41-9-28)39-26(18)40-8-13-3-4-15(36-13)24(40)12(2)43-25/h5,12-15,24,36H,3-4,6-10H2,1-2H3,(H2,35,37)/t12-,13+,14?,15-,24+,28?/m0/s1. The zero-order valence-electron chi connectivity index (χ0n) is 23.4. The Bertz CT molecular complexity index is 1680. The quantitative estimate of drug-likeness (QED) is 0.388. The number of pyridine rings is 1. The number of piperazine rings is 1. The van der Waals surface area contributed by atoms with Gasteiger partial charge in [0.25, 0.3) is 0 Å². The Hall–Kier alpha value is -3.16. The number of ether oxygens (including phenoxy) is 3. The lowest BCUT2D eigenvalue weighted by Crippen LogP contribution is -2.62. The van der Waals surface area contributed by atoms with E-state index in [9.17, 15) is 13.2 Å². The van der Waals surface area contributed by atoms with Crippen molar-refractivity contribution in [3.63, 3.8) is 0 Å². The summed E-state index contributed by atoms with van der Waals surface area (Å²) in [6, 6.07) is 1.08. The summed E-state index contributed by atoms with van der Waals surface area (Å²) < 4.78 is 78.2. The van der Waals surface area contributed by atoms with Gasteiger partial charge < -0.3 is 30.2 Å². The number of hydrogen-bond donors (Lipinski definition) is 2. The van der Waals surface area contributed by atoms with Gasteiger partial charge in [-0.2, -0.15) is 23.1 Å². The van der Waals surface area contributed by atoms with Crippen LogP contribution in [0.25, 0.3) is 22.2 Å². The van der Waals surface area contributed by atoms with Crippen LogP contribution in [0.5, 0.6) is 11.8 Å². The van der Waals surface area contributed by atoms with Crippen LogP contribution in [0.2, 0.25) is 5.02 Å². The van der Waals surface area contributed by atoms with E-state index >= 15 is 4.39 Å². The van der Waals surface area contributed by atoms with Crippen LogP contribution in [0.1, 0.15) is 43.7 Å². The van der Waals surface area contributed by atoms with Crippen molar-refractivity contribution in [1.82, 2.24) is 20.3 Å². The van der Waals surface area contributed by atoms with E-state index in [4.69, 9.17) is 36.5 Å². The van der Waals surface area contributed by atoms with E-state index < -0.39 is 34.9 Å². The van der Waals surface area contributed by atoms with E-state index in [1.165, 1.54) is 6.92 Å². The summed E-state index contributed by atoms with van der Waals surface area (Å²) in [5, 5.41) is 3.47. The second-order valence-electron chi connectivity index (χ2n) is 12.6. The van der Waals surface area contributed by atoms with Gasteiger partial charge in [0.05, 0.1) is 52.6 Å². The third-order valence-corrected chi connectivity index (χ3v) is 10.0.